The molecular weight excluding hydrogens is 215 g/mol. The molecule has 0 aliphatic carbocycles. The van der Waals surface area contributed by atoms with Gasteiger partial charge in [-0.1, -0.05) is 38.7 Å². The molecule has 0 atom stereocenters. The number of rotatable bonds is 8. The van der Waals surface area contributed by atoms with Gasteiger partial charge in [-0.3, -0.25) is 4.55 Å². The van der Waals surface area contributed by atoms with Crippen LogP contribution in [0.5, 0.6) is 0 Å². The Labute approximate surface area is 133 Å². The summed E-state index contributed by atoms with van der Waals surface area (Å²) >= 11 is 0. The quantitative estimate of drug-likeness (QED) is 0.527. The summed E-state index contributed by atoms with van der Waals surface area (Å²) in [6, 6.07) is 0. The van der Waals surface area contributed by atoms with E-state index in [4.69, 9.17) is 27.9 Å². The molecule has 0 aliphatic heterocycles. The van der Waals surface area contributed by atoms with Crippen molar-refractivity contribution in [3.63, 3.8) is 0 Å². The molecule has 0 amide bonds. The Morgan fingerprint density at radius 3 is 2.43 bits per heavy atom. The van der Waals surface area contributed by atoms with Gasteiger partial charge in [0.05, 0.1) is 9.30 Å². The summed E-state index contributed by atoms with van der Waals surface area (Å²) in [5.41, 5.74) is 0. The third-order valence-corrected chi connectivity index (χ3v) is 0.804. The standard InChI is InChI=1S/C8H18O4S.Na/c1-2-3-4-5-6-7-8-12-13(9,10)11;/h2-8H2,1H3,(H,9,10,11);/i1D3,2D2,3D2,4D2,5D2,6D2,7D2,8D2;. The Hall–Kier alpha value is 0.870. The van der Waals surface area contributed by atoms with Gasteiger partial charge in [-0.25, -0.2) is 4.18 Å². The van der Waals surface area contributed by atoms with Gasteiger partial charge in [-0.15, -0.1) is 0 Å². The second kappa shape index (κ2) is 10.4. The molecule has 6 heteroatoms. The fourth-order valence-electron chi connectivity index (χ4n) is 0.224. The second-order valence-corrected chi connectivity index (χ2v) is 2.39. The van der Waals surface area contributed by atoms with E-state index in [1.54, 1.807) is 0 Å². The summed E-state index contributed by atoms with van der Waals surface area (Å²) in [7, 11) is -5.78. The zero-order valence-corrected chi connectivity index (χ0v) is 9.90. The zero-order chi connectivity index (χ0) is 25.2. The normalized spacial score (nSPS) is 37.1. The molecule has 81 valence electrons. The monoisotopic (exact) mass is 250 g/mol. The molecule has 14 heavy (non-hydrogen) atoms. The molecule has 0 rings (SSSR count). The minimum atomic E-state index is -5.78. The van der Waals surface area contributed by atoms with E-state index in [0.29, 0.717) is 0 Å². The molecule has 0 aromatic rings. The SMILES string of the molecule is [2H]C([2H])([2H])C([2H])([2H])C([2H])([2H])C([2H])([2H])C([2H])([2H])C([2H])([2H])C([2H])([2H])C([2H])([2H])OS(=O)(=O)O.[Na]. The molecule has 0 heterocycles. The van der Waals surface area contributed by atoms with Gasteiger partial charge >= 0.3 is 10.4 Å². The molecule has 0 unspecified atom stereocenters. The molecule has 1 radical (unpaired) electrons. The maximum absolute atomic E-state index is 10.7. The van der Waals surface area contributed by atoms with Gasteiger partial charge in [0.2, 0.25) is 0 Å². The van der Waals surface area contributed by atoms with E-state index in [-0.39, 0.29) is 29.6 Å². The number of hydrogen-bond donors (Lipinski definition) is 1. The van der Waals surface area contributed by atoms with Crippen LogP contribution >= 0.6 is 0 Å². The predicted octanol–water partition coefficient (Wildman–Crippen LogP) is 1.79. The van der Waals surface area contributed by atoms with E-state index in [2.05, 4.69) is 4.18 Å². The first-order valence-electron chi connectivity index (χ1n) is 11.1. The maximum Gasteiger partial charge on any atom is 0.397 e. The van der Waals surface area contributed by atoms with E-state index in [1.165, 1.54) is 0 Å². The Balaban J connectivity index is 0. The summed E-state index contributed by atoms with van der Waals surface area (Å²) < 4.78 is 160. The molecule has 0 aromatic carbocycles. The van der Waals surface area contributed by atoms with Crippen molar-refractivity contribution in [1.82, 2.24) is 0 Å². The average molecular weight is 250 g/mol. The van der Waals surface area contributed by atoms with Gasteiger partial charge in [-0.05, 0) is 6.37 Å². The third-order valence-electron chi connectivity index (χ3n) is 0.511. The van der Waals surface area contributed by atoms with Crippen LogP contribution in [0.3, 0.4) is 0 Å². The molecule has 0 spiro atoms. The van der Waals surface area contributed by atoms with Crippen LogP contribution in [0.4, 0.5) is 0 Å². The van der Waals surface area contributed by atoms with Crippen LogP contribution in [0.1, 0.15) is 68.4 Å². The first-order valence-corrected chi connectivity index (χ1v) is 4.00. The molecule has 1 N–H and O–H groups in total. The average Bonchev–Trinajstić information content (AvgIpc) is 2.41. The minimum Gasteiger partial charge on any atom is -0.264 e. The summed E-state index contributed by atoms with van der Waals surface area (Å²) in [6.07, 6.45) is -26.6. The van der Waals surface area contributed by atoms with E-state index < -0.39 is 62.0 Å². The van der Waals surface area contributed by atoms with E-state index in [0.717, 1.165) is 0 Å². The Kier molecular flexibility index (Phi) is 2.38. The van der Waals surface area contributed by atoms with Crippen molar-refractivity contribution in [2.45, 2.75) is 45.1 Å². The Bertz CT molecular complexity index is 757. The van der Waals surface area contributed by atoms with Crippen molar-refractivity contribution in [3.8, 4) is 0 Å². The number of hydrogen-bond acceptors (Lipinski definition) is 3. The van der Waals surface area contributed by atoms with Crippen molar-refractivity contribution in [2.24, 2.45) is 0 Å². The van der Waals surface area contributed by atoms with Gasteiger partial charge in [0, 0.05) is 50.1 Å². The second-order valence-electron chi connectivity index (χ2n) is 1.36. The summed E-state index contributed by atoms with van der Waals surface area (Å²) in [6.45, 7) is -8.28. The zero-order valence-electron chi connectivity index (χ0n) is 24.1. The van der Waals surface area contributed by atoms with Crippen LogP contribution in [0.2, 0.25) is 0 Å². The van der Waals surface area contributed by atoms with Crippen molar-refractivity contribution < 1.29 is 40.5 Å². The fourth-order valence-corrected chi connectivity index (χ4v) is 0.371. The molecular formula is C8H18NaO4S. The van der Waals surface area contributed by atoms with Crippen molar-refractivity contribution in [2.75, 3.05) is 6.56 Å². The molecule has 0 saturated heterocycles. The van der Waals surface area contributed by atoms with Crippen LogP contribution in [0, 0.1) is 0 Å². The summed E-state index contributed by atoms with van der Waals surface area (Å²) in [5, 5.41) is 0. The smallest absolute Gasteiger partial charge is 0.264 e. The molecule has 0 aliphatic rings. The van der Waals surface area contributed by atoms with E-state index in [9.17, 15) is 8.42 Å². The Morgan fingerprint density at radius 2 is 1.86 bits per heavy atom. The molecule has 0 saturated carbocycles. The van der Waals surface area contributed by atoms with Crippen molar-refractivity contribution >= 4 is 40.0 Å². The van der Waals surface area contributed by atoms with E-state index >= 15 is 0 Å². The van der Waals surface area contributed by atoms with Gasteiger partial charge in [-0.2, -0.15) is 8.42 Å². The molecule has 4 nitrogen and oxygen atoms in total. The van der Waals surface area contributed by atoms with Gasteiger partial charge in [0.1, 0.15) is 0 Å². The maximum atomic E-state index is 10.7. The third kappa shape index (κ3) is 15.3. The van der Waals surface area contributed by atoms with Gasteiger partial charge in [0.15, 0.2) is 0 Å². The largest absolute Gasteiger partial charge is 0.397 e. The van der Waals surface area contributed by atoms with Crippen molar-refractivity contribution in [1.29, 1.82) is 0 Å². The van der Waals surface area contributed by atoms with Crippen LogP contribution in [0.15, 0.2) is 0 Å². The van der Waals surface area contributed by atoms with Crippen LogP contribution in [-0.2, 0) is 14.6 Å². The first-order chi connectivity index (χ1) is 12.5. The minimum absolute atomic E-state index is 0. The predicted molar refractivity (Wildman–Crippen MR) is 56.6 cm³/mol. The van der Waals surface area contributed by atoms with E-state index in [1.807, 2.05) is 0 Å². The Morgan fingerprint density at radius 1 is 1.29 bits per heavy atom. The summed E-state index contributed by atoms with van der Waals surface area (Å²) in [5.74, 6) is 0. The fraction of sp³-hybridized carbons (Fsp3) is 1.00. The molecule has 0 aromatic heterocycles. The summed E-state index contributed by atoms with van der Waals surface area (Å²) in [4.78, 5) is 0. The van der Waals surface area contributed by atoms with Gasteiger partial charge < -0.3 is 0 Å². The van der Waals surface area contributed by atoms with Gasteiger partial charge in [0.25, 0.3) is 0 Å². The topological polar surface area (TPSA) is 63.6 Å². The first kappa shape index (κ1) is 3.21. The van der Waals surface area contributed by atoms with Crippen LogP contribution < -0.4 is 0 Å². The van der Waals surface area contributed by atoms with Crippen molar-refractivity contribution in [3.05, 3.63) is 0 Å². The molecule has 0 fully saturated rings. The van der Waals surface area contributed by atoms with Crippen LogP contribution in [-0.4, -0.2) is 49.1 Å². The van der Waals surface area contributed by atoms with Crippen LogP contribution in [0.25, 0.3) is 0 Å². The molecule has 0 bridgehead atoms.